The number of hydrogen-bond acceptors (Lipinski definition) is 2. The molecule has 0 saturated carbocycles. The summed E-state index contributed by atoms with van der Waals surface area (Å²) in [5, 5.41) is 17.5. The molecule has 2 aromatic rings. The van der Waals surface area contributed by atoms with E-state index in [1.807, 2.05) is 25.1 Å². The van der Waals surface area contributed by atoms with E-state index in [-0.39, 0.29) is 5.82 Å². The molecule has 0 aromatic heterocycles. The lowest BCUT2D eigenvalue weighted by atomic mass is 9.96. The zero-order valence-electron chi connectivity index (χ0n) is 15.1. The summed E-state index contributed by atoms with van der Waals surface area (Å²) >= 11 is 0. The SMILES string of the molecule is CCNC(=NCC1(O)CCc2ccccc21)NCCc1ccc(F)cc1. The average Bonchev–Trinajstić information content (AvgIpc) is 2.99. The van der Waals surface area contributed by atoms with Gasteiger partial charge >= 0.3 is 0 Å². The maximum atomic E-state index is 13.0. The van der Waals surface area contributed by atoms with E-state index in [0.29, 0.717) is 25.5 Å². The Labute approximate surface area is 154 Å². The number of aliphatic hydroxyl groups is 1. The van der Waals surface area contributed by atoms with Crippen LogP contribution in [0.3, 0.4) is 0 Å². The number of guanidine groups is 1. The standard InChI is InChI=1S/C21H26FN3O/c1-2-23-20(24-14-12-16-7-9-18(22)10-8-16)25-15-21(26)13-11-17-5-3-4-6-19(17)21/h3-10,26H,2,11-15H2,1H3,(H2,23,24,25). The van der Waals surface area contributed by atoms with Crippen molar-refractivity contribution in [1.29, 1.82) is 0 Å². The van der Waals surface area contributed by atoms with E-state index < -0.39 is 5.60 Å². The second-order valence-corrected chi connectivity index (χ2v) is 6.69. The third-order valence-corrected chi connectivity index (χ3v) is 4.79. The summed E-state index contributed by atoms with van der Waals surface area (Å²) in [5.41, 5.74) is 2.37. The van der Waals surface area contributed by atoms with E-state index >= 15 is 0 Å². The molecule has 138 valence electrons. The van der Waals surface area contributed by atoms with Crippen LogP contribution < -0.4 is 10.6 Å². The second kappa shape index (κ2) is 8.32. The van der Waals surface area contributed by atoms with Crippen molar-refractivity contribution in [3.63, 3.8) is 0 Å². The fourth-order valence-electron chi connectivity index (χ4n) is 3.36. The molecule has 1 unspecified atom stereocenters. The minimum atomic E-state index is -0.893. The van der Waals surface area contributed by atoms with E-state index in [0.717, 1.165) is 30.5 Å². The third-order valence-electron chi connectivity index (χ3n) is 4.79. The Morgan fingerprint density at radius 2 is 1.92 bits per heavy atom. The van der Waals surface area contributed by atoms with E-state index in [2.05, 4.69) is 21.7 Å². The molecular weight excluding hydrogens is 329 g/mol. The smallest absolute Gasteiger partial charge is 0.191 e. The van der Waals surface area contributed by atoms with E-state index in [1.54, 1.807) is 12.1 Å². The Kier molecular flexibility index (Phi) is 5.89. The van der Waals surface area contributed by atoms with Gasteiger partial charge in [-0.1, -0.05) is 36.4 Å². The van der Waals surface area contributed by atoms with Crippen LogP contribution in [-0.2, 0) is 18.4 Å². The Hall–Kier alpha value is -2.40. The number of aryl methyl sites for hydroxylation is 1. The maximum Gasteiger partial charge on any atom is 0.191 e. The number of rotatable bonds is 6. The highest BCUT2D eigenvalue weighted by Gasteiger charge is 2.36. The van der Waals surface area contributed by atoms with E-state index in [9.17, 15) is 9.50 Å². The molecule has 3 rings (SSSR count). The maximum absolute atomic E-state index is 13.0. The van der Waals surface area contributed by atoms with Crippen molar-refractivity contribution in [2.75, 3.05) is 19.6 Å². The average molecular weight is 355 g/mol. The number of aliphatic imine (C=N–C) groups is 1. The van der Waals surface area contributed by atoms with Crippen molar-refractivity contribution < 1.29 is 9.50 Å². The van der Waals surface area contributed by atoms with E-state index in [1.165, 1.54) is 17.7 Å². The predicted molar refractivity (Wildman–Crippen MR) is 103 cm³/mol. The molecule has 3 N–H and O–H groups in total. The first-order chi connectivity index (χ1) is 12.6. The molecule has 0 radical (unpaired) electrons. The van der Waals surface area contributed by atoms with Crippen LogP contribution in [-0.4, -0.2) is 30.7 Å². The van der Waals surface area contributed by atoms with Gasteiger partial charge in [0, 0.05) is 13.1 Å². The van der Waals surface area contributed by atoms with Gasteiger partial charge in [0.2, 0.25) is 0 Å². The molecule has 26 heavy (non-hydrogen) atoms. The third kappa shape index (κ3) is 4.41. The van der Waals surface area contributed by atoms with Gasteiger partial charge in [0.05, 0.1) is 6.54 Å². The van der Waals surface area contributed by atoms with Crippen molar-refractivity contribution in [1.82, 2.24) is 10.6 Å². The molecule has 1 atom stereocenters. The van der Waals surface area contributed by atoms with Gasteiger partial charge in [-0.15, -0.1) is 0 Å². The van der Waals surface area contributed by atoms with Crippen LogP contribution in [0.5, 0.6) is 0 Å². The number of nitrogens with zero attached hydrogens (tertiary/aromatic N) is 1. The summed E-state index contributed by atoms with van der Waals surface area (Å²) in [4.78, 5) is 4.60. The quantitative estimate of drug-likeness (QED) is 0.552. The molecule has 1 aliphatic carbocycles. The molecular formula is C21H26FN3O. The van der Waals surface area contributed by atoms with Crippen molar-refractivity contribution in [3.05, 3.63) is 71.0 Å². The minimum absolute atomic E-state index is 0.221. The minimum Gasteiger partial charge on any atom is -0.383 e. The molecule has 0 spiro atoms. The first-order valence-corrected chi connectivity index (χ1v) is 9.18. The largest absolute Gasteiger partial charge is 0.383 e. The first kappa shape index (κ1) is 18.4. The molecule has 0 bridgehead atoms. The summed E-state index contributed by atoms with van der Waals surface area (Å²) in [6.07, 6.45) is 2.36. The predicted octanol–water partition coefficient (Wildman–Crippen LogP) is 2.76. The molecule has 0 heterocycles. The van der Waals surface area contributed by atoms with Crippen molar-refractivity contribution >= 4 is 5.96 Å². The Morgan fingerprint density at radius 1 is 1.15 bits per heavy atom. The van der Waals surface area contributed by atoms with Crippen LogP contribution in [0.1, 0.15) is 30.0 Å². The fourth-order valence-corrected chi connectivity index (χ4v) is 3.36. The Morgan fingerprint density at radius 3 is 2.69 bits per heavy atom. The topological polar surface area (TPSA) is 56.7 Å². The highest BCUT2D eigenvalue weighted by Crippen LogP contribution is 2.36. The number of hydrogen-bond donors (Lipinski definition) is 3. The molecule has 2 aromatic carbocycles. The van der Waals surface area contributed by atoms with Gasteiger partial charge in [-0.3, -0.25) is 0 Å². The van der Waals surface area contributed by atoms with Gasteiger partial charge < -0.3 is 15.7 Å². The van der Waals surface area contributed by atoms with Gasteiger partial charge in [0.25, 0.3) is 0 Å². The Bertz CT molecular complexity index is 760. The fraction of sp³-hybridized carbons (Fsp3) is 0.381. The monoisotopic (exact) mass is 355 g/mol. The number of halogens is 1. The zero-order valence-corrected chi connectivity index (χ0v) is 15.1. The van der Waals surface area contributed by atoms with Crippen molar-refractivity contribution in [2.24, 2.45) is 4.99 Å². The highest BCUT2D eigenvalue weighted by molar-refractivity contribution is 5.79. The molecule has 0 amide bonds. The number of benzene rings is 2. The first-order valence-electron chi connectivity index (χ1n) is 9.18. The Balaban J connectivity index is 1.59. The second-order valence-electron chi connectivity index (χ2n) is 6.69. The molecule has 0 fully saturated rings. The highest BCUT2D eigenvalue weighted by atomic mass is 19.1. The van der Waals surface area contributed by atoms with Gasteiger partial charge in [0.15, 0.2) is 5.96 Å². The molecule has 4 nitrogen and oxygen atoms in total. The molecule has 0 saturated heterocycles. The lowest BCUT2D eigenvalue weighted by molar-refractivity contribution is 0.0485. The molecule has 5 heteroatoms. The summed E-state index contributed by atoms with van der Waals surface area (Å²) in [5.74, 6) is 0.467. The van der Waals surface area contributed by atoms with Gasteiger partial charge in [0.1, 0.15) is 11.4 Å². The summed E-state index contributed by atoms with van der Waals surface area (Å²) < 4.78 is 13.0. The van der Waals surface area contributed by atoms with Gasteiger partial charge in [-0.2, -0.15) is 0 Å². The number of fused-ring (bicyclic) bond motifs is 1. The zero-order chi connectivity index (χ0) is 18.4. The van der Waals surface area contributed by atoms with Crippen LogP contribution >= 0.6 is 0 Å². The summed E-state index contributed by atoms with van der Waals surface area (Å²) in [7, 11) is 0. The van der Waals surface area contributed by atoms with Gasteiger partial charge in [-0.25, -0.2) is 9.38 Å². The lowest BCUT2D eigenvalue weighted by Crippen LogP contribution is -2.39. The van der Waals surface area contributed by atoms with Crippen molar-refractivity contribution in [3.8, 4) is 0 Å². The van der Waals surface area contributed by atoms with Gasteiger partial charge in [-0.05, 0) is 55.0 Å². The van der Waals surface area contributed by atoms with Crippen LogP contribution in [0, 0.1) is 5.82 Å². The van der Waals surface area contributed by atoms with Crippen LogP contribution in [0.4, 0.5) is 4.39 Å². The molecule has 0 aliphatic heterocycles. The van der Waals surface area contributed by atoms with Crippen LogP contribution in [0.15, 0.2) is 53.5 Å². The summed E-state index contributed by atoms with van der Waals surface area (Å²) in [6.45, 7) is 3.77. The van der Waals surface area contributed by atoms with Crippen molar-refractivity contribution in [2.45, 2.75) is 31.8 Å². The number of nitrogens with one attached hydrogen (secondary N) is 2. The van der Waals surface area contributed by atoms with Crippen LogP contribution in [0.2, 0.25) is 0 Å². The summed E-state index contributed by atoms with van der Waals surface area (Å²) in [6, 6.07) is 14.6. The normalized spacial score (nSPS) is 19.3. The van der Waals surface area contributed by atoms with E-state index in [4.69, 9.17) is 0 Å². The molecule has 1 aliphatic rings. The lowest BCUT2D eigenvalue weighted by Gasteiger charge is -2.22. The van der Waals surface area contributed by atoms with Crippen LogP contribution in [0.25, 0.3) is 0 Å².